The van der Waals surface area contributed by atoms with Gasteiger partial charge < -0.3 is 14.2 Å². The first-order valence-corrected chi connectivity index (χ1v) is 9.74. The molecule has 0 amide bonds. The molecule has 3 aromatic rings. The number of hydrogen-bond acceptors (Lipinski definition) is 8. The fourth-order valence-corrected chi connectivity index (χ4v) is 2.78. The summed E-state index contributed by atoms with van der Waals surface area (Å²) in [4.78, 5) is 46.5. The molecule has 0 spiro atoms. The number of hydrogen-bond donors (Lipinski definition) is 0. The maximum atomic E-state index is 12.3. The summed E-state index contributed by atoms with van der Waals surface area (Å²) in [6, 6.07) is 17.6. The molecule has 0 saturated carbocycles. The van der Waals surface area contributed by atoms with Crippen LogP contribution in [0.3, 0.4) is 0 Å². The summed E-state index contributed by atoms with van der Waals surface area (Å²) < 4.78 is 15.3. The van der Waals surface area contributed by atoms with Crippen molar-refractivity contribution in [2.75, 3.05) is 13.7 Å². The number of nitro benzene ring substituents is 1. The Bertz CT molecular complexity index is 1150. The van der Waals surface area contributed by atoms with Gasteiger partial charge in [0.1, 0.15) is 11.5 Å². The highest BCUT2D eigenvalue weighted by atomic mass is 16.6. The molecule has 0 unspecified atom stereocenters. The van der Waals surface area contributed by atoms with E-state index in [1.165, 1.54) is 48.5 Å². The molecule has 0 bridgehead atoms. The minimum atomic E-state index is -0.698. The van der Waals surface area contributed by atoms with Crippen LogP contribution in [0.4, 0.5) is 5.69 Å². The van der Waals surface area contributed by atoms with E-state index in [0.717, 1.165) is 5.56 Å². The van der Waals surface area contributed by atoms with Gasteiger partial charge in [-0.25, -0.2) is 4.79 Å². The van der Waals surface area contributed by atoms with Crippen LogP contribution in [0.15, 0.2) is 72.8 Å². The molecule has 3 rings (SSSR count). The normalized spacial score (nSPS) is 10.2. The molecule has 9 nitrogen and oxygen atoms in total. The zero-order valence-corrected chi connectivity index (χ0v) is 17.6. The minimum absolute atomic E-state index is 0.0226. The number of nitrogens with zero attached hydrogens (tertiary/aromatic N) is 1. The maximum absolute atomic E-state index is 12.3. The lowest BCUT2D eigenvalue weighted by molar-refractivity contribution is -0.384. The molecule has 33 heavy (non-hydrogen) atoms. The van der Waals surface area contributed by atoms with E-state index < -0.39 is 29.3 Å². The predicted molar refractivity (Wildman–Crippen MR) is 116 cm³/mol. The fraction of sp³-hybridized carbons (Fsp3) is 0.125. The molecular formula is C24H19NO8. The van der Waals surface area contributed by atoms with Crippen LogP contribution >= 0.6 is 0 Å². The van der Waals surface area contributed by atoms with Gasteiger partial charge in [-0.05, 0) is 54.1 Å². The highest BCUT2D eigenvalue weighted by Crippen LogP contribution is 2.17. The second-order valence-corrected chi connectivity index (χ2v) is 6.83. The van der Waals surface area contributed by atoms with E-state index in [2.05, 4.69) is 0 Å². The maximum Gasteiger partial charge on any atom is 0.343 e. The van der Waals surface area contributed by atoms with E-state index in [0.29, 0.717) is 5.75 Å². The Morgan fingerprint density at radius 1 is 0.818 bits per heavy atom. The van der Waals surface area contributed by atoms with Crippen LogP contribution in [0.25, 0.3) is 0 Å². The molecule has 0 radical (unpaired) electrons. The van der Waals surface area contributed by atoms with Crippen LogP contribution < -0.4 is 9.47 Å². The van der Waals surface area contributed by atoms with Crippen molar-refractivity contribution in [3.63, 3.8) is 0 Å². The van der Waals surface area contributed by atoms with Crippen molar-refractivity contribution in [2.45, 2.75) is 6.42 Å². The zero-order valence-electron chi connectivity index (χ0n) is 17.6. The second-order valence-electron chi connectivity index (χ2n) is 6.83. The average Bonchev–Trinajstić information content (AvgIpc) is 2.83. The number of carbonyl (C=O) groups excluding carboxylic acids is 3. The third kappa shape index (κ3) is 6.47. The topological polar surface area (TPSA) is 122 Å². The van der Waals surface area contributed by atoms with E-state index in [-0.39, 0.29) is 29.0 Å². The molecule has 0 aliphatic carbocycles. The molecule has 0 aliphatic rings. The van der Waals surface area contributed by atoms with Gasteiger partial charge in [-0.15, -0.1) is 0 Å². The largest absolute Gasteiger partial charge is 0.497 e. The van der Waals surface area contributed by atoms with Gasteiger partial charge in [0.25, 0.3) is 5.69 Å². The molecule has 0 N–H and O–H groups in total. The van der Waals surface area contributed by atoms with Crippen LogP contribution in [-0.4, -0.2) is 36.4 Å². The summed E-state index contributed by atoms with van der Waals surface area (Å²) in [6.45, 7) is -0.420. The number of esters is 2. The Morgan fingerprint density at radius 2 is 1.39 bits per heavy atom. The smallest absolute Gasteiger partial charge is 0.343 e. The SMILES string of the molecule is COc1ccc(CC(=O)OCC(=O)c2ccc(OC(=O)c3ccc([N+](=O)[O-])cc3)cc2)cc1. The van der Waals surface area contributed by atoms with Gasteiger partial charge in [-0.3, -0.25) is 19.7 Å². The van der Waals surface area contributed by atoms with Crippen molar-refractivity contribution >= 4 is 23.4 Å². The number of nitro groups is 1. The zero-order chi connectivity index (χ0) is 23.8. The van der Waals surface area contributed by atoms with Crippen molar-refractivity contribution in [1.29, 1.82) is 0 Å². The third-order valence-electron chi connectivity index (χ3n) is 4.57. The van der Waals surface area contributed by atoms with E-state index in [1.807, 2.05) is 0 Å². The summed E-state index contributed by atoms with van der Waals surface area (Å²) in [5.41, 5.74) is 1.01. The van der Waals surface area contributed by atoms with Gasteiger partial charge in [0.2, 0.25) is 0 Å². The van der Waals surface area contributed by atoms with Crippen molar-refractivity contribution in [3.8, 4) is 11.5 Å². The van der Waals surface area contributed by atoms with Crippen LogP contribution in [-0.2, 0) is 16.0 Å². The Morgan fingerprint density at radius 3 is 1.97 bits per heavy atom. The summed E-state index contributed by atoms with van der Waals surface area (Å²) in [5, 5.41) is 10.7. The van der Waals surface area contributed by atoms with Crippen LogP contribution in [0.5, 0.6) is 11.5 Å². The number of ether oxygens (including phenoxy) is 3. The average molecular weight is 449 g/mol. The van der Waals surface area contributed by atoms with Gasteiger partial charge in [0.15, 0.2) is 12.4 Å². The highest BCUT2D eigenvalue weighted by molar-refractivity contribution is 5.98. The lowest BCUT2D eigenvalue weighted by atomic mass is 10.1. The first-order chi connectivity index (χ1) is 15.9. The van der Waals surface area contributed by atoms with Crippen molar-refractivity contribution in [3.05, 3.63) is 99.6 Å². The standard InChI is InChI=1S/C24H19NO8/c1-31-20-10-2-16(3-11-20)14-23(27)32-15-22(26)17-6-12-21(13-7-17)33-24(28)18-4-8-19(9-5-18)25(29)30/h2-13H,14-15H2,1H3. The monoisotopic (exact) mass is 449 g/mol. The van der Waals surface area contributed by atoms with Gasteiger partial charge >= 0.3 is 11.9 Å². The molecule has 0 heterocycles. The van der Waals surface area contributed by atoms with E-state index in [1.54, 1.807) is 31.4 Å². The number of ketones is 1. The molecule has 3 aromatic carbocycles. The van der Waals surface area contributed by atoms with Crippen molar-refractivity contribution in [1.82, 2.24) is 0 Å². The summed E-state index contributed by atoms with van der Waals surface area (Å²) in [6.07, 6.45) is 0.0226. The summed E-state index contributed by atoms with van der Waals surface area (Å²) >= 11 is 0. The number of carbonyl (C=O) groups is 3. The van der Waals surface area contributed by atoms with Gasteiger partial charge in [0.05, 0.1) is 24.0 Å². The van der Waals surface area contributed by atoms with Crippen LogP contribution in [0.1, 0.15) is 26.3 Å². The highest BCUT2D eigenvalue weighted by Gasteiger charge is 2.14. The van der Waals surface area contributed by atoms with Crippen molar-refractivity contribution in [2.24, 2.45) is 0 Å². The van der Waals surface area contributed by atoms with Gasteiger partial charge in [-0.2, -0.15) is 0 Å². The molecule has 0 atom stereocenters. The number of methoxy groups -OCH3 is 1. The first kappa shape index (κ1) is 23.1. The minimum Gasteiger partial charge on any atom is -0.497 e. The number of rotatable bonds is 9. The number of benzene rings is 3. The summed E-state index contributed by atoms with van der Waals surface area (Å²) in [7, 11) is 1.55. The van der Waals surface area contributed by atoms with Crippen LogP contribution in [0.2, 0.25) is 0 Å². The van der Waals surface area contributed by atoms with Gasteiger partial charge in [-0.1, -0.05) is 12.1 Å². The molecule has 168 valence electrons. The first-order valence-electron chi connectivity index (χ1n) is 9.74. The molecule has 9 heteroatoms. The van der Waals surface area contributed by atoms with Gasteiger partial charge in [0, 0.05) is 17.7 Å². The molecule has 0 fully saturated rings. The molecular weight excluding hydrogens is 430 g/mol. The Labute approximate surface area is 188 Å². The third-order valence-corrected chi connectivity index (χ3v) is 4.57. The quantitative estimate of drug-likeness (QED) is 0.159. The van der Waals surface area contributed by atoms with Crippen LogP contribution in [0, 0.1) is 10.1 Å². The second kappa shape index (κ2) is 10.7. The number of Topliss-reactive ketones (excluding diaryl/α,β-unsaturated/α-hetero) is 1. The lowest BCUT2D eigenvalue weighted by Crippen LogP contribution is -2.15. The Hall–Kier alpha value is -4.53. The fourth-order valence-electron chi connectivity index (χ4n) is 2.78. The van der Waals surface area contributed by atoms with E-state index >= 15 is 0 Å². The van der Waals surface area contributed by atoms with E-state index in [9.17, 15) is 24.5 Å². The molecule has 0 saturated heterocycles. The Balaban J connectivity index is 1.50. The van der Waals surface area contributed by atoms with E-state index in [4.69, 9.17) is 14.2 Å². The molecule has 0 aromatic heterocycles. The Kier molecular flexibility index (Phi) is 7.48. The molecule has 0 aliphatic heterocycles. The summed E-state index contributed by atoms with van der Waals surface area (Å²) in [5.74, 6) is -0.791. The lowest BCUT2D eigenvalue weighted by Gasteiger charge is -2.07. The predicted octanol–water partition coefficient (Wildman–Crippen LogP) is 3.79. The number of non-ortho nitro benzene ring substituents is 1. The van der Waals surface area contributed by atoms with Crippen molar-refractivity contribution < 1.29 is 33.5 Å².